The van der Waals surface area contributed by atoms with E-state index in [1.165, 1.54) is 0 Å². The molecular formula is C11H15N3. The van der Waals surface area contributed by atoms with Crippen LogP contribution < -0.4 is 11.1 Å². The molecule has 0 aliphatic rings. The molecule has 0 radical (unpaired) electrons. The van der Waals surface area contributed by atoms with Gasteiger partial charge in [-0.05, 0) is 24.6 Å². The zero-order valence-corrected chi connectivity index (χ0v) is 8.38. The Bertz CT molecular complexity index is 339. The van der Waals surface area contributed by atoms with E-state index in [-0.39, 0.29) is 0 Å². The van der Waals surface area contributed by atoms with Crippen molar-refractivity contribution < 1.29 is 0 Å². The number of nitrogens with two attached hydrogens (primary N) is 1. The monoisotopic (exact) mass is 189 g/mol. The number of rotatable bonds is 4. The van der Waals surface area contributed by atoms with Crippen molar-refractivity contribution in [2.24, 2.45) is 0 Å². The minimum atomic E-state index is 0.534. The highest BCUT2D eigenvalue weighted by molar-refractivity contribution is 5.61. The molecule has 3 N–H and O–H groups in total. The van der Waals surface area contributed by atoms with E-state index in [0.29, 0.717) is 11.3 Å². The lowest BCUT2D eigenvalue weighted by atomic mass is 10.2. The van der Waals surface area contributed by atoms with E-state index in [1.54, 1.807) is 12.1 Å². The third kappa shape index (κ3) is 2.67. The second kappa shape index (κ2) is 5.13. The first-order valence-corrected chi connectivity index (χ1v) is 4.81. The molecule has 0 saturated carbocycles. The molecule has 0 atom stereocenters. The van der Waals surface area contributed by atoms with Gasteiger partial charge in [-0.3, -0.25) is 0 Å². The summed E-state index contributed by atoms with van der Waals surface area (Å²) < 4.78 is 0. The number of nitriles is 1. The van der Waals surface area contributed by atoms with E-state index in [0.717, 1.165) is 25.1 Å². The number of nitrogen functional groups attached to an aromatic ring is 1. The molecule has 0 spiro atoms. The lowest BCUT2D eigenvalue weighted by Gasteiger charge is -2.06. The maximum Gasteiger partial charge on any atom is 0.101 e. The summed E-state index contributed by atoms with van der Waals surface area (Å²) in [6.07, 6.45) is 2.29. The van der Waals surface area contributed by atoms with E-state index in [4.69, 9.17) is 11.0 Å². The summed E-state index contributed by atoms with van der Waals surface area (Å²) in [5, 5.41) is 12.0. The summed E-state index contributed by atoms with van der Waals surface area (Å²) in [7, 11) is 0. The Morgan fingerprint density at radius 3 is 2.93 bits per heavy atom. The van der Waals surface area contributed by atoms with Gasteiger partial charge in [0.15, 0.2) is 0 Å². The summed E-state index contributed by atoms with van der Waals surface area (Å²) in [4.78, 5) is 0. The fourth-order valence-electron chi connectivity index (χ4n) is 1.17. The number of nitrogens with zero attached hydrogens (tertiary/aromatic N) is 1. The van der Waals surface area contributed by atoms with Crippen LogP contribution in [0.3, 0.4) is 0 Å². The molecule has 0 aliphatic carbocycles. The van der Waals surface area contributed by atoms with Gasteiger partial charge in [-0.2, -0.15) is 5.26 Å². The molecule has 0 heterocycles. The van der Waals surface area contributed by atoms with Crippen LogP contribution in [0.1, 0.15) is 25.3 Å². The van der Waals surface area contributed by atoms with Crippen molar-refractivity contribution >= 4 is 11.4 Å². The Morgan fingerprint density at radius 1 is 1.50 bits per heavy atom. The van der Waals surface area contributed by atoms with E-state index in [2.05, 4.69) is 18.3 Å². The Hall–Kier alpha value is -1.69. The van der Waals surface area contributed by atoms with Gasteiger partial charge in [-0.1, -0.05) is 13.3 Å². The van der Waals surface area contributed by atoms with Crippen molar-refractivity contribution in [2.45, 2.75) is 19.8 Å². The van der Waals surface area contributed by atoms with Crippen LogP contribution in [0.4, 0.5) is 11.4 Å². The summed E-state index contributed by atoms with van der Waals surface area (Å²) in [5.74, 6) is 0. The molecule has 0 unspecified atom stereocenters. The Morgan fingerprint density at radius 2 is 2.29 bits per heavy atom. The van der Waals surface area contributed by atoms with Crippen LogP contribution in [-0.4, -0.2) is 6.54 Å². The Balaban J connectivity index is 2.66. The molecule has 0 aliphatic heterocycles. The lowest BCUT2D eigenvalue weighted by molar-refractivity contribution is 0.834. The molecule has 0 saturated heterocycles. The number of unbranched alkanes of at least 4 members (excludes halogenated alkanes) is 1. The molecule has 0 fully saturated rings. The van der Waals surface area contributed by atoms with Gasteiger partial charge in [0.05, 0.1) is 5.56 Å². The van der Waals surface area contributed by atoms with Crippen molar-refractivity contribution in [1.29, 1.82) is 5.26 Å². The van der Waals surface area contributed by atoms with Gasteiger partial charge in [0.2, 0.25) is 0 Å². The van der Waals surface area contributed by atoms with E-state index < -0.39 is 0 Å². The SMILES string of the molecule is CCCCNc1ccc(N)c(C#N)c1. The second-order valence-corrected chi connectivity index (χ2v) is 3.19. The van der Waals surface area contributed by atoms with E-state index in [1.807, 2.05) is 6.07 Å². The third-order valence-corrected chi connectivity index (χ3v) is 2.03. The molecule has 1 rings (SSSR count). The molecule has 1 aromatic rings. The Labute approximate surface area is 84.5 Å². The van der Waals surface area contributed by atoms with Crippen LogP contribution in [0.25, 0.3) is 0 Å². The molecule has 3 heteroatoms. The van der Waals surface area contributed by atoms with Gasteiger partial charge < -0.3 is 11.1 Å². The number of hydrogen-bond acceptors (Lipinski definition) is 3. The fraction of sp³-hybridized carbons (Fsp3) is 0.364. The highest BCUT2D eigenvalue weighted by Crippen LogP contribution is 2.16. The summed E-state index contributed by atoms with van der Waals surface area (Å²) >= 11 is 0. The molecule has 0 amide bonds. The van der Waals surface area contributed by atoms with Gasteiger partial charge in [0, 0.05) is 17.9 Å². The van der Waals surface area contributed by atoms with Crippen LogP contribution in [0.15, 0.2) is 18.2 Å². The largest absolute Gasteiger partial charge is 0.398 e. The fourth-order valence-corrected chi connectivity index (χ4v) is 1.17. The minimum absolute atomic E-state index is 0.534. The minimum Gasteiger partial charge on any atom is -0.398 e. The van der Waals surface area contributed by atoms with Crippen LogP contribution in [0.2, 0.25) is 0 Å². The number of hydrogen-bond donors (Lipinski definition) is 2. The quantitative estimate of drug-likeness (QED) is 0.564. The first-order chi connectivity index (χ1) is 6.77. The average Bonchev–Trinajstić information content (AvgIpc) is 2.21. The first kappa shape index (κ1) is 10.4. The van der Waals surface area contributed by atoms with Gasteiger partial charge in [0.1, 0.15) is 6.07 Å². The summed E-state index contributed by atoms with van der Waals surface area (Å²) in [6.45, 7) is 3.08. The van der Waals surface area contributed by atoms with Crippen molar-refractivity contribution in [2.75, 3.05) is 17.6 Å². The maximum absolute atomic E-state index is 8.76. The average molecular weight is 189 g/mol. The highest BCUT2D eigenvalue weighted by Gasteiger charge is 1.98. The van der Waals surface area contributed by atoms with Crippen LogP contribution >= 0.6 is 0 Å². The Kier molecular flexibility index (Phi) is 3.81. The zero-order valence-electron chi connectivity index (χ0n) is 8.38. The predicted octanol–water partition coefficient (Wildman–Crippen LogP) is 2.35. The van der Waals surface area contributed by atoms with Crippen LogP contribution in [0, 0.1) is 11.3 Å². The second-order valence-electron chi connectivity index (χ2n) is 3.19. The van der Waals surface area contributed by atoms with Crippen LogP contribution in [-0.2, 0) is 0 Å². The molecule has 0 bridgehead atoms. The predicted molar refractivity (Wildman–Crippen MR) is 59.0 cm³/mol. The summed E-state index contributed by atoms with van der Waals surface area (Å²) in [5.41, 5.74) is 7.64. The van der Waals surface area contributed by atoms with Crippen molar-refractivity contribution in [3.05, 3.63) is 23.8 Å². The summed E-state index contributed by atoms with van der Waals surface area (Å²) in [6, 6.07) is 7.50. The normalized spacial score (nSPS) is 9.43. The topological polar surface area (TPSA) is 61.8 Å². The highest BCUT2D eigenvalue weighted by atomic mass is 14.9. The number of benzene rings is 1. The number of nitrogens with one attached hydrogen (secondary N) is 1. The van der Waals surface area contributed by atoms with Gasteiger partial charge >= 0.3 is 0 Å². The van der Waals surface area contributed by atoms with E-state index in [9.17, 15) is 0 Å². The van der Waals surface area contributed by atoms with Gasteiger partial charge in [-0.15, -0.1) is 0 Å². The van der Waals surface area contributed by atoms with Crippen molar-refractivity contribution in [3.8, 4) is 6.07 Å². The van der Waals surface area contributed by atoms with Gasteiger partial charge in [0.25, 0.3) is 0 Å². The van der Waals surface area contributed by atoms with Crippen LogP contribution in [0.5, 0.6) is 0 Å². The third-order valence-electron chi connectivity index (χ3n) is 2.03. The molecule has 1 aromatic carbocycles. The first-order valence-electron chi connectivity index (χ1n) is 4.81. The molecule has 0 aromatic heterocycles. The molecule has 14 heavy (non-hydrogen) atoms. The van der Waals surface area contributed by atoms with Crippen molar-refractivity contribution in [1.82, 2.24) is 0 Å². The maximum atomic E-state index is 8.76. The van der Waals surface area contributed by atoms with Gasteiger partial charge in [-0.25, -0.2) is 0 Å². The zero-order chi connectivity index (χ0) is 10.4. The van der Waals surface area contributed by atoms with E-state index >= 15 is 0 Å². The number of anilines is 2. The van der Waals surface area contributed by atoms with Crippen molar-refractivity contribution in [3.63, 3.8) is 0 Å². The lowest BCUT2D eigenvalue weighted by Crippen LogP contribution is -2.01. The molecule has 3 nitrogen and oxygen atoms in total. The smallest absolute Gasteiger partial charge is 0.101 e. The molecule has 74 valence electrons. The standard InChI is InChI=1S/C11H15N3/c1-2-3-6-14-10-4-5-11(13)9(7-10)8-12/h4-5,7,14H,2-3,6,13H2,1H3. The molecular weight excluding hydrogens is 174 g/mol.